The molecule has 1 aromatic heterocycles. The van der Waals surface area contributed by atoms with Crippen molar-refractivity contribution in [1.82, 2.24) is 14.9 Å². The number of nitrogens with one attached hydrogen (secondary N) is 1. The van der Waals surface area contributed by atoms with E-state index in [2.05, 4.69) is 27.9 Å². The van der Waals surface area contributed by atoms with Crippen LogP contribution >= 0.6 is 0 Å². The number of nitrogen functional groups attached to an aromatic ring is 1. The van der Waals surface area contributed by atoms with Gasteiger partial charge >= 0.3 is 0 Å². The molecule has 2 amide bonds. The predicted octanol–water partition coefficient (Wildman–Crippen LogP) is 4.77. The first-order valence-corrected chi connectivity index (χ1v) is 13.2. The molecule has 3 N–H and O–H groups in total. The van der Waals surface area contributed by atoms with Crippen LogP contribution in [0.2, 0.25) is 0 Å². The van der Waals surface area contributed by atoms with Crippen LogP contribution in [0.25, 0.3) is 11.3 Å². The van der Waals surface area contributed by atoms with Crippen molar-refractivity contribution >= 4 is 23.3 Å². The van der Waals surface area contributed by atoms with Crippen molar-refractivity contribution in [3.05, 3.63) is 77.9 Å². The first-order chi connectivity index (χ1) is 19.8. The Hall–Kier alpha value is -4.85. The molecule has 0 bridgehead atoms. The van der Waals surface area contributed by atoms with Crippen molar-refractivity contribution in [1.29, 1.82) is 5.26 Å². The summed E-state index contributed by atoms with van der Waals surface area (Å²) in [5.74, 6) is -1.50. The Kier molecular flexibility index (Phi) is 7.92. The maximum atomic E-state index is 14.7. The topological polar surface area (TPSA) is 134 Å². The molecule has 2 aromatic carbocycles. The summed E-state index contributed by atoms with van der Waals surface area (Å²) >= 11 is 0. The molecular formula is C30H28F2N6O3. The predicted molar refractivity (Wildman–Crippen MR) is 148 cm³/mol. The summed E-state index contributed by atoms with van der Waals surface area (Å²) in [5, 5.41) is 12.0. The molecule has 1 saturated heterocycles. The third-order valence-electron chi connectivity index (χ3n) is 7.27. The Bertz CT molecular complexity index is 1550. The fourth-order valence-electron chi connectivity index (χ4n) is 5.03. The highest BCUT2D eigenvalue weighted by molar-refractivity contribution is 6.04. The Morgan fingerprint density at radius 3 is 2.73 bits per heavy atom. The minimum atomic E-state index is -0.839. The average molecular weight is 559 g/mol. The summed E-state index contributed by atoms with van der Waals surface area (Å²) in [7, 11) is 0. The van der Waals surface area contributed by atoms with E-state index >= 15 is 0 Å². The van der Waals surface area contributed by atoms with Gasteiger partial charge < -0.3 is 20.7 Å². The summed E-state index contributed by atoms with van der Waals surface area (Å²) in [6, 6.07) is 10.9. The van der Waals surface area contributed by atoms with Gasteiger partial charge in [-0.25, -0.2) is 18.7 Å². The standard InChI is InChI=1S/C30H28F2N6O3/c1-2-26(39)38-14-18(13-33)9-23(38)15-41-28-27(35-16-36-29(28)34)21-7-17(12-31)8-22(10-21)37-30(40)24-6-5-20(11-25(24)32)19-3-4-19/h2,5-8,10-11,16,18-19,23H,1,3-4,9,12,14-15H2,(H,37,40)(H2,34,35,36)/t18-,23+/m1/s1. The molecule has 2 heterocycles. The van der Waals surface area contributed by atoms with Crippen LogP contribution in [0.3, 0.4) is 0 Å². The second-order valence-corrected chi connectivity index (χ2v) is 10.2. The Morgan fingerprint density at radius 2 is 2.05 bits per heavy atom. The van der Waals surface area contributed by atoms with Crippen molar-refractivity contribution in [3.63, 3.8) is 0 Å². The van der Waals surface area contributed by atoms with E-state index in [-0.39, 0.29) is 59.1 Å². The lowest BCUT2D eigenvalue weighted by Crippen LogP contribution is -2.38. The van der Waals surface area contributed by atoms with Gasteiger partial charge in [0.1, 0.15) is 31.1 Å². The number of nitrogens with two attached hydrogens (primary N) is 1. The molecule has 3 aromatic rings. The molecular weight excluding hydrogens is 530 g/mol. The summed E-state index contributed by atoms with van der Waals surface area (Å²) < 4.78 is 34.6. The first kappa shape index (κ1) is 27.7. The molecule has 1 saturated carbocycles. The van der Waals surface area contributed by atoms with Gasteiger partial charge in [-0.05, 0) is 72.7 Å². The van der Waals surface area contributed by atoms with E-state index in [9.17, 15) is 23.6 Å². The summed E-state index contributed by atoms with van der Waals surface area (Å²) in [6.45, 7) is 2.95. The number of anilines is 2. The van der Waals surface area contributed by atoms with Gasteiger partial charge in [-0.2, -0.15) is 5.26 Å². The van der Waals surface area contributed by atoms with Crippen molar-refractivity contribution in [3.8, 4) is 23.1 Å². The number of amides is 2. The fourth-order valence-corrected chi connectivity index (χ4v) is 5.03. The lowest BCUT2D eigenvalue weighted by atomic mass is 10.0. The normalized spacial score (nSPS) is 18.0. The van der Waals surface area contributed by atoms with Crippen molar-refractivity contribution in [2.75, 3.05) is 24.2 Å². The van der Waals surface area contributed by atoms with Crippen LogP contribution < -0.4 is 15.8 Å². The lowest BCUT2D eigenvalue weighted by Gasteiger charge is -2.24. The number of nitrogens with zero attached hydrogens (tertiary/aromatic N) is 4. The number of alkyl halides is 1. The number of carbonyl (C=O) groups is 2. The highest BCUT2D eigenvalue weighted by Gasteiger charge is 2.35. The first-order valence-electron chi connectivity index (χ1n) is 13.2. The fraction of sp³-hybridized carbons (Fsp3) is 0.300. The van der Waals surface area contributed by atoms with E-state index in [1.807, 2.05) is 0 Å². The molecule has 11 heteroatoms. The number of nitriles is 1. The largest absolute Gasteiger partial charge is 0.485 e. The number of hydrogen-bond acceptors (Lipinski definition) is 7. The molecule has 0 radical (unpaired) electrons. The van der Waals surface area contributed by atoms with Gasteiger partial charge in [0.2, 0.25) is 5.91 Å². The SMILES string of the molecule is C=CC(=O)N1C[C@@H](C#N)C[C@H]1COc1c(N)ncnc1-c1cc(CF)cc(NC(=O)c2ccc(C3CC3)cc2F)c1. The molecule has 0 unspecified atom stereocenters. The number of carbonyl (C=O) groups excluding carboxylic acids is 2. The van der Waals surface area contributed by atoms with Gasteiger partial charge in [-0.1, -0.05) is 12.6 Å². The number of hydrogen-bond donors (Lipinski definition) is 2. The minimum Gasteiger partial charge on any atom is -0.485 e. The molecule has 210 valence electrons. The monoisotopic (exact) mass is 558 g/mol. The Balaban J connectivity index is 1.40. The third-order valence-corrected chi connectivity index (χ3v) is 7.27. The van der Waals surface area contributed by atoms with E-state index < -0.39 is 24.4 Å². The summed E-state index contributed by atoms with van der Waals surface area (Å²) in [4.78, 5) is 35.1. The maximum absolute atomic E-state index is 14.7. The molecule has 5 rings (SSSR count). The zero-order valence-corrected chi connectivity index (χ0v) is 22.1. The number of benzene rings is 2. The number of ether oxygens (including phenoxy) is 1. The van der Waals surface area contributed by atoms with Gasteiger partial charge in [0.15, 0.2) is 11.6 Å². The highest BCUT2D eigenvalue weighted by Crippen LogP contribution is 2.40. The molecule has 1 aliphatic carbocycles. The second-order valence-electron chi connectivity index (χ2n) is 10.2. The van der Waals surface area contributed by atoms with Crippen LogP contribution in [0.4, 0.5) is 20.3 Å². The number of rotatable bonds is 9. The van der Waals surface area contributed by atoms with Crippen LogP contribution in [0.5, 0.6) is 5.75 Å². The highest BCUT2D eigenvalue weighted by atomic mass is 19.1. The van der Waals surface area contributed by atoms with E-state index in [0.717, 1.165) is 18.4 Å². The van der Waals surface area contributed by atoms with Gasteiger partial charge in [-0.3, -0.25) is 9.59 Å². The zero-order chi connectivity index (χ0) is 29.1. The van der Waals surface area contributed by atoms with Crippen LogP contribution in [-0.4, -0.2) is 45.9 Å². The van der Waals surface area contributed by atoms with E-state index in [4.69, 9.17) is 10.5 Å². The molecule has 2 aliphatic rings. The molecule has 41 heavy (non-hydrogen) atoms. The number of aromatic nitrogens is 2. The molecule has 2 atom stereocenters. The van der Waals surface area contributed by atoms with Crippen LogP contribution in [0.15, 0.2) is 55.4 Å². The molecule has 1 aliphatic heterocycles. The van der Waals surface area contributed by atoms with Crippen molar-refractivity contribution < 1.29 is 23.1 Å². The van der Waals surface area contributed by atoms with Crippen LogP contribution in [0.1, 0.15) is 46.7 Å². The Labute approximate surface area is 235 Å². The maximum Gasteiger partial charge on any atom is 0.258 e. The van der Waals surface area contributed by atoms with E-state index in [1.54, 1.807) is 12.1 Å². The lowest BCUT2D eigenvalue weighted by molar-refractivity contribution is -0.127. The smallest absolute Gasteiger partial charge is 0.258 e. The van der Waals surface area contributed by atoms with Crippen molar-refractivity contribution in [2.45, 2.75) is 37.9 Å². The van der Waals surface area contributed by atoms with Gasteiger partial charge in [-0.15, -0.1) is 0 Å². The quantitative estimate of drug-likeness (QED) is 0.361. The summed E-state index contributed by atoms with van der Waals surface area (Å²) in [6.07, 6.45) is 4.84. The van der Waals surface area contributed by atoms with E-state index in [1.165, 1.54) is 41.6 Å². The number of likely N-dealkylation sites (tertiary alicyclic amines) is 1. The van der Waals surface area contributed by atoms with Crippen molar-refractivity contribution in [2.24, 2.45) is 5.92 Å². The van der Waals surface area contributed by atoms with Gasteiger partial charge in [0.05, 0.1) is 23.6 Å². The van der Waals surface area contributed by atoms with E-state index in [0.29, 0.717) is 17.9 Å². The van der Waals surface area contributed by atoms with Gasteiger partial charge in [0.25, 0.3) is 5.91 Å². The van der Waals surface area contributed by atoms with Gasteiger partial charge in [0, 0.05) is 17.8 Å². The second kappa shape index (κ2) is 11.7. The molecule has 9 nitrogen and oxygen atoms in total. The average Bonchev–Trinajstić information content (AvgIpc) is 3.75. The molecule has 0 spiro atoms. The zero-order valence-electron chi connectivity index (χ0n) is 22.1. The van der Waals surface area contributed by atoms with Crippen LogP contribution in [-0.2, 0) is 11.5 Å². The minimum absolute atomic E-state index is 0.00482. The van der Waals surface area contributed by atoms with Crippen LogP contribution in [0, 0.1) is 23.1 Å². The third kappa shape index (κ3) is 6.01. The molecule has 2 fully saturated rings. The number of halogens is 2. The summed E-state index contributed by atoms with van der Waals surface area (Å²) in [5.41, 5.74) is 7.95. The Morgan fingerprint density at radius 1 is 1.24 bits per heavy atom.